The molecule has 0 saturated heterocycles. The van der Waals surface area contributed by atoms with E-state index in [1.807, 2.05) is 19.0 Å². The number of halogens is 1. The minimum atomic E-state index is 0.121. The molecule has 2 N–H and O–H groups in total. The molecule has 0 bridgehead atoms. The van der Waals surface area contributed by atoms with E-state index < -0.39 is 0 Å². The van der Waals surface area contributed by atoms with Gasteiger partial charge in [-0.2, -0.15) is 5.26 Å². The summed E-state index contributed by atoms with van der Waals surface area (Å²) in [6.45, 7) is 0.607. The molecular weight excluding hydrogens is 258 g/mol. The van der Waals surface area contributed by atoms with E-state index in [4.69, 9.17) is 5.26 Å². The van der Waals surface area contributed by atoms with E-state index in [0.29, 0.717) is 22.4 Å². The normalized spacial score (nSPS) is 10.1. The maximum Gasteiger partial charge on any atom is 0.131 e. The summed E-state index contributed by atoms with van der Waals surface area (Å²) in [5.74, 6) is 0.121. The molecule has 0 saturated carbocycles. The van der Waals surface area contributed by atoms with Gasteiger partial charge in [0.25, 0.3) is 0 Å². The number of nitrogens with zero attached hydrogens (tertiary/aromatic N) is 2. The molecule has 0 aliphatic carbocycles. The van der Waals surface area contributed by atoms with Gasteiger partial charge in [-0.25, -0.2) is 0 Å². The van der Waals surface area contributed by atoms with Gasteiger partial charge in [0.05, 0.1) is 22.4 Å². The number of nitrogens with one attached hydrogen (secondary N) is 1. The maximum atomic E-state index is 9.48. The predicted octanol–water partition coefficient (Wildman–Crippen LogP) is 1.96. The van der Waals surface area contributed by atoms with Gasteiger partial charge in [0.15, 0.2) is 0 Å². The van der Waals surface area contributed by atoms with Gasteiger partial charge >= 0.3 is 0 Å². The fourth-order valence-electron chi connectivity index (χ4n) is 1.04. The molecule has 0 aromatic heterocycles. The molecule has 1 aromatic rings. The molecule has 4 nitrogen and oxygen atoms in total. The molecule has 0 aliphatic rings. The first-order chi connectivity index (χ1) is 7.04. The Kier molecular flexibility index (Phi) is 3.95. The molecule has 15 heavy (non-hydrogen) atoms. The number of rotatable bonds is 3. The van der Waals surface area contributed by atoms with Crippen molar-refractivity contribution in [2.24, 2.45) is 0 Å². The van der Waals surface area contributed by atoms with Crippen LogP contribution in [0, 0.1) is 11.3 Å². The highest BCUT2D eigenvalue weighted by Crippen LogP contribution is 2.30. The fourth-order valence-corrected chi connectivity index (χ4v) is 1.39. The molecule has 0 radical (unpaired) electrons. The molecule has 1 rings (SSSR count). The van der Waals surface area contributed by atoms with Gasteiger partial charge in [-0.05, 0) is 36.1 Å². The number of anilines is 1. The highest BCUT2D eigenvalue weighted by atomic mass is 79.9. The van der Waals surface area contributed by atoms with E-state index >= 15 is 0 Å². The maximum absolute atomic E-state index is 9.48. The monoisotopic (exact) mass is 269 g/mol. The Bertz CT molecular complexity index is 398. The van der Waals surface area contributed by atoms with Gasteiger partial charge in [0.1, 0.15) is 11.8 Å². The Balaban J connectivity index is 2.96. The average molecular weight is 270 g/mol. The van der Waals surface area contributed by atoms with Crippen molar-refractivity contribution in [3.05, 3.63) is 22.2 Å². The second-order valence-electron chi connectivity index (χ2n) is 3.38. The topological polar surface area (TPSA) is 59.3 Å². The van der Waals surface area contributed by atoms with Gasteiger partial charge < -0.3 is 10.4 Å². The highest BCUT2D eigenvalue weighted by molar-refractivity contribution is 9.10. The molecule has 0 heterocycles. The fraction of sp³-hybridized carbons (Fsp3) is 0.300. The van der Waals surface area contributed by atoms with E-state index in [1.165, 1.54) is 6.07 Å². The largest absolute Gasteiger partial charge is 0.507 e. The van der Waals surface area contributed by atoms with Crippen LogP contribution in [-0.4, -0.2) is 30.8 Å². The van der Waals surface area contributed by atoms with E-state index in [9.17, 15) is 5.11 Å². The number of hydrogen-bond acceptors (Lipinski definition) is 4. The molecule has 0 spiro atoms. The summed E-state index contributed by atoms with van der Waals surface area (Å²) in [6, 6.07) is 5.19. The first-order valence-corrected chi connectivity index (χ1v) is 5.15. The zero-order chi connectivity index (χ0) is 11.4. The van der Waals surface area contributed by atoms with E-state index in [-0.39, 0.29) is 5.75 Å². The van der Waals surface area contributed by atoms with Crippen LogP contribution < -0.4 is 5.32 Å². The quantitative estimate of drug-likeness (QED) is 0.824. The van der Waals surface area contributed by atoms with Crippen molar-refractivity contribution in [1.29, 1.82) is 5.26 Å². The van der Waals surface area contributed by atoms with Gasteiger partial charge in [-0.3, -0.25) is 4.90 Å². The van der Waals surface area contributed by atoms with Crippen LogP contribution in [0.5, 0.6) is 5.75 Å². The van der Waals surface area contributed by atoms with E-state index in [1.54, 1.807) is 6.07 Å². The van der Waals surface area contributed by atoms with Gasteiger partial charge in [0.2, 0.25) is 0 Å². The van der Waals surface area contributed by atoms with Crippen LogP contribution >= 0.6 is 15.9 Å². The van der Waals surface area contributed by atoms with Crippen LogP contribution in [0.15, 0.2) is 16.6 Å². The Morgan fingerprint density at radius 2 is 2.20 bits per heavy atom. The molecule has 5 heteroatoms. The van der Waals surface area contributed by atoms with Crippen molar-refractivity contribution in [2.75, 3.05) is 26.1 Å². The Labute approximate surface area is 97.3 Å². The number of nitriles is 1. The first kappa shape index (κ1) is 11.8. The van der Waals surface area contributed by atoms with Gasteiger partial charge in [-0.15, -0.1) is 0 Å². The van der Waals surface area contributed by atoms with Crippen LogP contribution in [0.25, 0.3) is 0 Å². The zero-order valence-electron chi connectivity index (χ0n) is 8.58. The second kappa shape index (κ2) is 5.01. The molecular formula is C10H12BrN3O. The summed E-state index contributed by atoms with van der Waals surface area (Å²) < 4.78 is 0.523. The van der Waals surface area contributed by atoms with Crippen molar-refractivity contribution in [3.63, 3.8) is 0 Å². The van der Waals surface area contributed by atoms with E-state index in [0.717, 1.165) is 0 Å². The smallest absolute Gasteiger partial charge is 0.131 e. The molecule has 0 fully saturated rings. The first-order valence-electron chi connectivity index (χ1n) is 4.36. The number of hydrogen-bond donors (Lipinski definition) is 2. The lowest BCUT2D eigenvalue weighted by molar-refractivity contribution is 0.439. The van der Waals surface area contributed by atoms with Crippen LogP contribution in [0.4, 0.5) is 5.69 Å². The third-order valence-corrected chi connectivity index (χ3v) is 2.43. The van der Waals surface area contributed by atoms with Gasteiger partial charge in [0, 0.05) is 6.07 Å². The van der Waals surface area contributed by atoms with Crippen molar-refractivity contribution in [2.45, 2.75) is 0 Å². The van der Waals surface area contributed by atoms with Crippen molar-refractivity contribution >= 4 is 21.6 Å². The number of phenols is 1. The van der Waals surface area contributed by atoms with Crippen LogP contribution in [0.1, 0.15) is 5.56 Å². The predicted molar refractivity (Wildman–Crippen MR) is 62.7 cm³/mol. The Morgan fingerprint density at radius 3 is 2.73 bits per heavy atom. The summed E-state index contributed by atoms with van der Waals surface area (Å²) in [5, 5.41) is 21.4. The zero-order valence-corrected chi connectivity index (χ0v) is 10.2. The number of phenolic OH excluding ortho intramolecular Hbond substituents is 1. The molecule has 0 aliphatic heterocycles. The Morgan fingerprint density at radius 1 is 1.53 bits per heavy atom. The van der Waals surface area contributed by atoms with Crippen molar-refractivity contribution in [1.82, 2.24) is 4.90 Å². The lowest BCUT2D eigenvalue weighted by Crippen LogP contribution is -2.20. The van der Waals surface area contributed by atoms with E-state index in [2.05, 4.69) is 27.3 Å². The third-order valence-electron chi connectivity index (χ3n) is 1.79. The summed E-state index contributed by atoms with van der Waals surface area (Å²) in [7, 11) is 3.83. The molecule has 80 valence electrons. The van der Waals surface area contributed by atoms with Crippen LogP contribution in [0.3, 0.4) is 0 Å². The van der Waals surface area contributed by atoms with Crippen molar-refractivity contribution < 1.29 is 5.11 Å². The van der Waals surface area contributed by atoms with Crippen LogP contribution in [-0.2, 0) is 0 Å². The lowest BCUT2D eigenvalue weighted by Gasteiger charge is -2.14. The summed E-state index contributed by atoms with van der Waals surface area (Å²) in [4.78, 5) is 1.93. The lowest BCUT2D eigenvalue weighted by atomic mass is 10.2. The van der Waals surface area contributed by atoms with Gasteiger partial charge in [-0.1, -0.05) is 0 Å². The summed E-state index contributed by atoms with van der Waals surface area (Å²) in [6.07, 6.45) is 0. The second-order valence-corrected chi connectivity index (χ2v) is 4.23. The Hall–Kier alpha value is -1.25. The minimum absolute atomic E-state index is 0.121. The molecule has 0 atom stereocenters. The van der Waals surface area contributed by atoms with Crippen molar-refractivity contribution in [3.8, 4) is 11.8 Å². The third kappa shape index (κ3) is 3.11. The minimum Gasteiger partial charge on any atom is -0.507 e. The summed E-state index contributed by atoms with van der Waals surface area (Å²) >= 11 is 3.16. The average Bonchev–Trinajstić information content (AvgIpc) is 2.19. The highest BCUT2D eigenvalue weighted by Gasteiger charge is 2.07. The molecule has 1 aromatic carbocycles. The number of benzene rings is 1. The summed E-state index contributed by atoms with van der Waals surface area (Å²) in [5.41, 5.74) is 1.13. The van der Waals surface area contributed by atoms with Crippen LogP contribution in [0.2, 0.25) is 0 Å². The SMILES string of the molecule is CN(C)CNc1cc(O)c(Br)cc1C#N. The molecule has 0 unspecified atom stereocenters. The standard InChI is InChI=1S/C10H12BrN3O/c1-14(2)6-13-9-4-10(15)8(11)3-7(9)5-12/h3-4,13,15H,6H2,1-2H3. The number of aromatic hydroxyl groups is 1. The molecule has 0 amide bonds.